The Morgan fingerprint density at radius 2 is 1.86 bits per heavy atom. The Balaban J connectivity index is 2.02. The predicted molar refractivity (Wildman–Crippen MR) is 118 cm³/mol. The molecule has 7 nitrogen and oxygen atoms in total. The normalized spacial score (nSPS) is 11.0. The van der Waals surface area contributed by atoms with Crippen LogP contribution in [0.3, 0.4) is 0 Å². The van der Waals surface area contributed by atoms with Gasteiger partial charge in [-0.15, -0.1) is 0 Å². The van der Waals surface area contributed by atoms with E-state index in [4.69, 9.17) is 4.74 Å². The van der Waals surface area contributed by atoms with Crippen molar-refractivity contribution in [1.29, 1.82) is 0 Å². The van der Waals surface area contributed by atoms with Gasteiger partial charge in [0.15, 0.2) is 0 Å². The van der Waals surface area contributed by atoms with Gasteiger partial charge in [0.2, 0.25) is 0 Å². The first kappa shape index (κ1) is 19.1. The van der Waals surface area contributed by atoms with Crippen molar-refractivity contribution >= 4 is 28.5 Å². The summed E-state index contributed by atoms with van der Waals surface area (Å²) < 4.78 is 12.1. The molecule has 0 unspecified atom stereocenters. The zero-order chi connectivity index (χ0) is 20.5. The first-order valence-electron chi connectivity index (χ1n) is 8.97. The van der Waals surface area contributed by atoms with Crippen LogP contribution in [-0.2, 0) is 14.1 Å². The van der Waals surface area contributed by atoms with Crippen molar-refractivity contribution in [1.82, 2.24) is 19.3 Å². The molecule has 0 saturated heterocycles. The molecule has 0 saturated carbocycles. The summed E-state index contributed by atoms with van der Waals surface area (Å²) in [4.78, 5) is 17.2. The highest BCUT2D eigenvalue weighted by molar-refractivity contribution is 7.99. The molecule has 0 aliphatic carbocycles. The van der Waals surface area contributed by atoms with E-state index < -0.39 is 0 Å². The fraction of sp³-hybridized carbons (Fsp3) is 0.190. The number of methoxy groups -OCH3 is 1. The van der Waals surface area contributed by atoms with Gasteiger partial charge in [-0.05, 0) is 29.1 Å². The van der Waals surface area contributed by atoms with Crippen LogP contribution in [-0.4, -0.2) is 32.7 Å². The number of anilines is 1. The summed E-state index contributed by atoms with van der Waals surface area (Å²) in [6, 6.07) is 7.79. The first-order chi connectivity index (χ1) is 14.0. The van der Waals surface area contributed by atoms with Crippen molar-refractivity contribution < 1.29 is 4.74 Å². The Kier molecular flexibility index (Phi) is 5.02. The highest BCUT2D eigenvalue weighted by atomic mass is 32.2. The molecule has 0 spiro atoms. The molecule has 1 N–H and O–H groups in total. The molecule has 3 aromatic heterocycles. The zero-order valence-corrected chi connectivity index (χ0v) is 17.4. The maximum atomic E-state index is 12.8. The quantitative estimate of drug-likeness (QED) is 0.509. The zero-order valence-electron chi connectivity index (χ0n) is 16.6. The molecule has 0 fully saturated rings. The van der Waals surface area contributed by atoms with Crippen LogP contribution in [0.2, 0.25) is 0 Å². The minimum Gasteiger partial charge on any atom is -0.494 e. The van der Waals surface area contributed by atoms with Crippen molar-refractivity contribution in [3.8, 4) is 28.0 Å². The molecule has 4 rings (SSSR count). The molecule has 148 valence electrons. The molecule has 0 amide bonds. The molecule has 4 aromatic rings. The molecule has 29 heavy (non-hydrogen) atoms. The summed E-state index contributed by atoms with van der Waals surface area (Å²) in [7, 11) is 5.26. The predicted octanol–water partition coefficient (Wildman–Crippen LogP) is 3.70. The van der Waals surface area contributed by atoms with Gasteiger partial charge in [0, 0.05) is 54.8 Å². The number of nitrogens with zero attached hydrogens (tertiary/aromatic N) is 4. The summed E-state index contributed by atoms with van der Waals surface area (Å²) in [5, 5.41) is 5.76. The molecule has 0 atom stereocenters. The number of fused-ring (bicyclic) bond motifs is 1. The third kappa shape index (κ3) is 3.47. The van der Waals surface area contributed by atoms with Gasteiger partial charge in [-0.2, -0.15) is 5.10 Å². The van der Waals surface area contributed by atoms with Gasteiger partial charge in [-0.3, -0.25) is 9.48 Å². The van der Waals surface area contributed by atoms with Crippen molar-refractivity contribution in [2.75, 3.05) is 18.1 Å². The number of nitrogens with one attached hydrogen (secondary N) is 1. The van der Waals surface area contributed by atoms with Crippen LogP contribution in [0.5, 0.6) is 5.75 Å². The molecule has 8 heteroatoms. The maximum absolute atomic E-state index is 12.8. The number of benzene rings is 1. The first-order valence-corrected chi connectivity index (χ1v) is 10.2. The minimum absolute atomic E-state index is 0.0445. The topological polar surface area (TPSA) is 74.0 Å². The third-order valence-corrected chi connectivity index (χ3v) is 5.22. The molecule has 0 radical (unpaired) electrons. The van der Waals surface area contributed by atoms with Gasteiger partial charge in [0.05, 0.1) is 19.5 Å². The van der Waals surface area contributed by atoms with Gasteiger partial charge in [0.1, 0.15) is 11.6 Å². The van der Waals surface area contributed by atoms with Crippen LogP contribution in [0.15, 0.2) is 53.8 Å². The fourth-order valence-corrected chi connectivity index (χ4v) is 3.73. The second-order valence-electron chi connectivity index (χ2n) is 6.70. The largest absolute Gasteiger partial charge is 0.494 e. The van der Waals surface area contributed by atoms with Crippen LogP contribution < -0.4 is 15.0 Å². The summed E-state index contributed by atoms with van der Waals surface area (Å²) in [6.07, 6.45) is 9.24. The van der Waals surface area contributed by atoms with Gasteiger partial charge in [-0.25, -0.2) is 4.98 Å². The van der Waals surface area contributed by atoms with Gasteiger partial charge >= 0.3 is 0 Å². The molecule has 1 aromatic carbocycles. The third-order valence-electron chi connectivity index (χ3n) is 4.81. The lowest BCUT2D eigenvalue weighted by Crippen LogP contribution is -2.16. The summed E-state index contributed by atoms with van der Waals surface area (Å²) in [6.45, 7) is 0. The van der Waals surface area contributed by atoms with Crippen molar-refractivity contribution in [2.24, 2.45) is 14.1 Å². The fourth-order valence-electron chi connectivity index (χ4n) is 3.41. The minimum atomic E-state index is -0.0445. The monoisotopic (exact) mass is 407 g/mol. The Bertz CT molecular complexity index is 1260. The Morgan fingerprint density at radius 3 is 2.55 bits per heavy atom. The van der Waals surface area contributed by atoms with Crippen LogP contribution >= 0.6 is 11.9 Å². The van der Waals surface area contributed by atoms with E-state index in [0.717, 1.165) is 33.5 Å². The van der Waals surface area contributed by atoms with Crippen molar-refractivity contribution in [3.63, 3.8) is 0 Å². The van der Waals surface area contributed by atoms with E-state index in [1.54, 1.807) is 29.6 Å². The van der Waals surface area contributed by atoms with Crippen LogP contribution in [0.25, 0.3) is 33.0 Å². The molecule has 3 heterocycles. The smallest absolute Gasteiger partial charge is 0.258 e. The molecule has 0 aliphatic rings. The number of hydrogen-bond donors (Lipinski definition) is 1. The lowest BCUT2D eigenvalue weighted by atomic mass is 9.97. The Morgan fingerprint density at radius 1 is 1.03 bits per heavy atom. The Hall–Kier alpha value is -3.26. The second kappa shape index (κ2) is 7.63. The lowest BCUT2D eigenvalue weighted by molar-refractivity contribution is 0.414. The lowest BCUT2D eigenvalue weighted by Gasteiger charge is -2.15. The van der Waals surface area contributed by atoms with E-state index in [0.29, 0.717) is 11.1 Å². The molecule has 0 aliphatic heterocycles. The number of ether oxygens (including phenoxy) is 1. The molecular formula is C21H21N5O2S. The second-order valence-corrected chi connectivity index (χ2v) is 7.31. The number of aromatic nitrogens is 4. The molecule has 0 bridgehead atoms. The average Bonchev–Trinajstić information content (AvgIpc) is 3.17. The number of rotatable bonds is 5. The summed E-state index contributed by atoms with van der Waals surface area (Å²) >= 11 is 1.47. The van der Waals surface area contributed by atoms with Gasteiger partial charge < -0.3 is 14.0 Å². The van der Waals surface area contributed by atoms with Crippen LogP contribution in [0.4, 0.5) is 5.82 Å². The number of pyridine rings is 2. The average molecular weight is 407 g/mol. The highest BCUT2D eigenvalue weighted by Gasteiger charge is 2.15. The highest BCUT2D eigenvalue weighted by Crippen LogP contribution is 2.36. The van der Waals surface area contributed by atoms with Crippen molar-refractivity contribution in [2.45, 2.75) is 0 Å². The van der Waals surface area contributed by atoms with E-state index in [9.17, 15) is 4.79 Å². The van der Waals surface area contributed by atoms with E-state index >= 15 is 0 Å². The van der Waals surface area contributed by atoms with Gasteiger partial charge in [0.25, 0.3) is 5.56 Å². The van der Waals surface area contributed by atoms with E-state index in [1.165, 1.54) is 11.9 Å². The van der Waals surface area contributed by atoms with Crippen LogP contribution in [0, 0.1) is 0 Å². The maximum Gasteiger partial charge on any atom is 0.258 e. The molecular weight excluding hydrogens is 386 g/mol. The van der Waals surface area contributed by atoms with Gasteiger partial charge in [-0.1, -0.05) is 18.0 Å². The number of aryl methyl sites for hydroxylation is 2. The van der Waals surface area contributed by atoms with Crippen LogP contribution in [0.1, 0.15) is 0 Å². The summed E-state index contributed by atoms with van der Waals surface area (Å²) in [5.74, 6) is 1.36. The van der Waals surface area contributed by atoms with E-state index in [-0.39, 0.29) is 5.56 Å². The Labute approximate surface area is 172 Å². The van der Waals surface area contributed by atoms with E-state index in [1.807, 2.05) is 56.2 Å². The summed E-state index contributed by atoms with van der Waals surface area (Å²) in [5.41, 5.74) is 3.71. The number of hydrogen-bond acceptors (Lipinski definition) is 6. The SMILES string of the molecule is COc1cnc(NSC)cc1-c1cn(C)c(=O)c2ccc(-c3cnn(C)c3)cc12. The standard InChI is InChI=1S/C21H21N5O2S/c1-25-12-18(17-8-20(24-29-4)22-10-19(17)28-3)16-7-13(5-6-15(16)21(25)27)14-9-23-26(2)11-14/h5-12H,1-4H3,(H,22,24). The van der Waals surface area contributed by atoms with Crippen molar-refractivity contribution in [3.05, 3.63) is 59.4 Å². The van der Waals surface area contributed by atoms with E-state index in [2.05, 4.69) is 14.8 Å².